The van der Waals surface area contributed by atoms with Gasteiger partial charge in [0, 0.05) is 30.4 Å². The molecule has 2 aromatic rings. The fourth-order valence-corrected chi connectivity index (χ4v) is 4.33. The van der Waals surface area contributed by atoms with Gasteiger partial charge in [-0.2, -0.15) is 0 Å². The summed E-state index contributed by atoms with van der Waals surface area (Å²) in [4.78, 5) is 17.5. The number of nitrogens with zero attached hydrogens (tertiary/aromatic N) is 2. The van der Waals surface area contributed by atoms with E-state index in [9.17, 15) is 9.00 Å². The molecule has 0 saturated carbocycles. The summed E-state index contributed by atoms with van der Waals surface area (Å²) < 4.78 is 14.6. The van der Waals surface area contributed by atoms with Gasteiger partial charge >= 0.3 is 0 Å². The van der Waals surface area contributed by atoms with Crippen LogP contribution >= 0.6 is 11.6 Å². The zero-order valence-electron chi connectivity index (χ0n) is 15.6. The smallest absolute Gasteiger partial charge is 0.238 e. The SMILES string of the molecule is CC/C(Cl)=C\c1cc(S(=O)N2CCN(Cc3ccccc3)C(=O)C2)[nH]c1C. The number of rotatable bonds is 6. The van der Waals surface area contributed by atoms with Crippen molar-refractivity contribution in [3.63, 3.8) is 0 Å². The first-order valence-electron chi connectivity index (χ1n) is 9.02. The Morgan fingerprint density at radius 1 is 1.30 bits per heavy atom. The molecule has 1 N–H and O–H groups in total. The van der Waals surface area contributed by atoms with Crippen molar-refractivity contribution in [1.82, 2.24) is 14.2 Å². The second-order valence-electron chi connectivity index (χ2n) is 6.57. The molecule has 0 bridgehead atoms. The number of allylic oxidation sites excluding steroid dienone is 1. The topological polar surface area (TPSA) is 56.4 Å². The van der Waals surface area contributed by atoms with Crippen LogP contribution in [0.25, 0.3) is 6.08 Å². The van der Waals surface area contributed by atoms with Crippen LogP contribution in [-0.2, 0) is 22.3 Å². The quantitative estimate of drug-likeness (QED) is 0.796. The molecule has 1 saturated heterocycles. The maximum Gasteiger partial charge on any atom is 0.238 e. The number of carbonyl (C=O) groups excluding carboxylic acids is 1. The fourth-order valence-electron chi connectivity index (χ4n) is 3.00. The molecular formula is C20H24ClN3O2S. The molecule has 1 aliphatic rings. The number of piperazine rings is 1. The Labute approximate surface area is 167 Å². The fraction of sp³-hybridized carbons (Fsp3) is 0.350. The number of amides is 1. The summed E-state index contributed by atoms with van der Waals surface area (Å²) in [5.41, 5.74) is 2.95. The van der Waals surface area contributed by atoms with Gasteiger partial charge in [-0.25, -0.2) is 8.51 Å². The molecule has 1 aromatic heterocycles. The van der Waals surface area contributed by atoms with Crippen molar-refractivity contribution < 1.29 is 9.00 Å². The number of carbonyl (C=O) groups is 1. The highest BCUT2D eigenvalue weighted by molar-refractivity contribution is 7.82. The average Bonchev–Trinajstić information content (AvgIpc) is 3.04. The lowest BCUT2D eigenvalue weighted by atomic mass is 10.2. The lowest BCUT2D eigenvalue weighted by Crippen LogP contribution is -2.50. The predicted molar refractivity (Wildman–Crippen MR) is 109 cm³/mol. The van der Waals surface area contributed by atoms with E-state index in [1.807, 2.05) is 61.2 Å². The van der Waals surface area contributed by atoms with Crippen LogP contribution in [0.1, 0.15) is 30.2 Å². The van der Waals surface area contributed by atoms with Crippen LogP contribution in [0, 0.1) is 6.92 Å². The van der Waals surface area contributed by atoms with E-state index in [4.69, 9.17) is 11.6 Å². The standard InChI is InChI=1S/C20H24ClN3O2S/c1-3-18(21)11-17-12-19(22-15(17)2)27(26)24-10-9-23(20(25)14-24)13-16-7-5-4-6-8-16/h4-8,11-12,22H,3,9-10,13-14H2,1-2H3/b18-11+. The second-order valence-corrected chi connectivity index (χ2v) is 8.51. The van der Waals surface area contributed by atoms with Crippen LogP contribution in [-0.4, -0.2) is 43.9 Å². The Morgan fingerprint density at radius 2 is 2.04 bits per heavy atom. The molecule has 27 heavy (non-hydrogen) atoms. The summed E-state index contributed by atoms with van der Waals surface area (Å²) >= 11 is 6.12. The minimum atomic E-state index is -1.40. The number of benzene rings is 1. The van der Waals surface area contributed by atoms with Crippen molar-refractivity contribution in [1.29, 1.82) is 0 Å². The maximum atomic E-state index is 12.9. The first kappa shape index (κ1) is 19.9. The van der Waals surface area contributed by atoms with Crippen molar-refractivity contribution in [3.8, 4) is 0 Å². The summed E-state index contributed by atoms with van der Waals surface area (Å²) in [6.45, 7) is 5.79. The van der Waals surface area contributed by atoms with Gasteiger partial charge in [0.15, 0.2) is 0 Å². The number of aromatic nitrogens is 1. The first-order chi connectivity index (χ1) is 13.0. The van der Waals surface area contributed by atoms with Gasteiger partial charge in [-0.1, -0.05) is 48.9 Å². The number of H-pyrrole nitrogens is 1. The summed E-state index contributed by atoms with van der Waals surface area (Å²) in [5, 5.41) is 1.35. The van der Waals surface area contributed by atoms with Crippen LogP contribution in [0.15, 0.2) is 46.5 Å². The van der Waals surface area contributed by atoms with E-state index in [-0.39, 0.29) is 12.5 Å². The molecule has 1 amide bonds. The van der Waals surface area contributed by atoms with Gasteiger partial charge in [0.25, 0.3) is 0 Å². The lowest BCUT2D eigenvalue weighted by Gasteiger charge is -2.33. The van der Waals surface area contributed by atoms with Crippen LogP contribution in [0.3, 0.4) is 0 Å². The molecule has 0 spiro atoms. The average molecular weight is 406 g/mol. The number of halogens is 1. The minimum absolute atomic E-state index is 0.00382. The van der Waals surface area contributed by atoms with Crippen LogP contribution in [0.2, 0.25) is 0 Å². The lowest BCUT2D eigenvalue weighted by molar-refractivity contribution is -0.134. The third kappa shape index (κ3) is 4.89. The zero-order chi connectivity index (χ0) is 19.4. The molecule has 3 rings (SSSR count). The van der Waals surface area contributed by atoms with E-state index in [1.54, 1.807) is 4.31 Å². The van der Waals surface area contributed by atoms with Crippen LogP contribution in [0.4, 0.5) is 0 Å². The number of nitrogens with one attached hydrogen (secondary N) is 1. The summed E-state index contributed by atoms with van der Waals surface area (Å²) in [5.74, 6) is -0.00382. The number of aryl methyl sites for hydroxylation is 1. The van der Waals surface area contributed by atoms with Gasteiger partial charge in [0.1, 0.15) is 16.0 Å². The van der Waals surface area contributed by atoms with Crippen molar-refractivity contribution in [2.75, 3.05) is 19.6 Å². The monoisotopic (exact) mass is 405 g/mol. The van der Waals surface area contributed by atoms with Crippen molar-refractivity contribution >= 4 is 34.6 Å². The maximum absolute atomic E-state index is 12.9. The summed E-state index contributed by atoms with van der Waals surface area (Å²) in [6.07, 6.45) is 2.64. The molecule has 0 aliphatic carbocycles. The highest BCUT2D eigenvalue weighted by Gasteiger charge is 2.28. The molecule has 1 aromatic carbocycles. The molecule has 0 radical (unpaired) electrons. The Morgan fingerprint density at radius 3 is 2.70 bits per heavy atom. The Kier molecular flexibility index (Phi) is 6.52. The molecular weight excluding hydrogens is 382 g/mol. The van der Waals surface area contributed by atoms with E-state index >= 15 is 0 Å². The first-order valence-corrected chi connectivity index (χ1v) is 10.5. The van der Waals surface area contributed by atoms with Crippen LogP contribution in [0.5, 0.6) is 0 Å². The van der Waals surface area contributed by atoms with Gasteiger partial charge in [-0.15, -0.1) is 0 Å². The van der Waals surface area contributed by atoms with E-state index in [2.05, 4.69) is 4.98 Å². The normalized spacial score (nSPS) is 17.4. The Hall–Kier alpha value is -1.89. The molecule has 144 valence electrons. The number of aromatic amines is 1. The molecule has 7 heteroatoms. The number of hydrogen-bond acceptors (Lipinski definition) is 2. The largest absolute Gasteiger partial charge is 0.350 e. The van der Waals surface area contributed by atoms with E-state index in [0.29, 0.717) is 24.7 Å². The number of hydrogen-bond donors (Lipinski definition) is 1. The molecule has 1 fully saturated rings. The predicted octanol–water partition coefficient (Wildman–Crippen LogP) is 3.68. The van der Waals surface area contributed by atoms with Gasteiger partial charge in [0.05, 0.1) is 6.54 Å². The van der Waals surface area contributed by atoms with Crippen molar-refractivity contribution in [3.05, 3.63) is 58.3 Å². The highest BCUT2D eigenvalue weighted by Crippen LogP contribution is 2.22. The molecule has 1 unspecified atom stereocenters. The van der Waals surface area contributed by atoms with Crippen molar-refractivity contribution in [2.24, 2.45) is 0 Å². The van der Waals surface area contributed by atoms with E-state index < -0.39 is 11.0 Å². The Bertz CT molecular complexity index is 863. The Balaban J connectivity index is 1.66. The molecule has 1 atom stereocenters. The van der Waals surface area contributed by atoms with E-state index in [1.165, 1.54) is 0 Å². The van der Waals surface area contributed by atoms with Crippen molar-refractivity contribution in [2.45, 2.75) is 31.8 Å². The second kappa shape index (κ2) is 8.87. The zero-order valence-corrected chi connectivity index (χ0v) is 17.1. The van der Waals surface area contributed by atoms with Crippen LogP contribution < -0.4 is 0 Å². The third-order valence-corrected chi connectivity index (χ3v) is 6.36. The summed E-state index contributed by atoms with van der Waals surface area (Å²) in [6, 6.07) is 11.8. The third-order valence-electron chi connectivity index (χ3n) is 4.60. The van der Waals surface area contributed by atoms with E-state index in [0.717, 1.165) is 28.3 Å². The van der Waals surface area contributed by atoms with Gasteiger partial charge in [-0.05, 0) is 36.6 Å². The van der Waals surface area contributed by atoms with Gasteiger partial charge in [-0.3, -0.25) is 4.79 Å². The summed E-state index contributed by atoms with van der Waals surface area (Å²) in [7, 11) is -1.40. The van der Waals surface area contributed by atoms with Gasteiger partial charge in [0.2, 0.25) is 5.91 Å². The molecule has 2 heterocycles. The van der Waals surface area contributed by atoms with Gasteiger partial charge < -0.3 is 9.88 Å². The molecule has 5 nitrogen and oxygen atoms in total. The minimum Gasteiger partial charge on any atom is -0.350 e. The molecule has 1 aliphatic heterocycles. The highest BCUT2D eigenvalue weighted by atomic mass is 35.5.